The van der Waals surface area contributed by atoms with Crippen LogP contribution in [0, 0.1) is 0 Å². The average Bonchev–Trinajstić information content (AvgIpc) is 3.35. The lowest BCUT2D eigenvalue weighted by Gasteiger charge is -2.29. The van der Waals surface area contributed by atoms with Gasteiger partial charge in [-0.05, 0) is 18.4 Å². The Labute approximate surface area is 156 Å². The third-order valence-corrected chi connectivity index (χ3v) is 5.68. The predicted molar refractivity (Wildman–Crippen MR) is 96.4 cm³/mol. The molecule has 0 aromatic heterocycles. The average molecular weight is 378 g/mol. The topological polar surface area (TPSA) is 87.2 Å². The van der Waals surface area contributed by atoms with Crippen molar-refractivity contribution in [2.24, 2.45) is 0 Å². The van der Waals surface area contributed by atoms with Crippen molar-refractivity contribution >= 4 is 29.5 Å². The summed E-state index contributed by atoms with van der Waals surface area (Å²) < 4.78 is 5.35. The number of likely N-dealkylation sites (tertiary alicyclic amines) is 1. The van der Waals surface area contributed by atoms with Crippen LogP contribution in [0.15, 0.2) is 30.3 Å². The first-order valence-electron chi connectivity index (χ1n) is 8.61. The molecule has 1 N–H and O–H groups in total. The van der Waals surface area contributed by atoms with E-state index < -0.39 is 24.8 Å². The minimum Gasteiger partial charge on any atom is -0.445 e. The van der Waals surface area contributed by atoms with Crippen LogP contribution < -0.4 is 0 Å². The van der Waals surface area contributed by atoms with E-state index in [1.165, 1.54) is 21.6 Å². The second-order valence-electron chi connectivity index (χ2n) is 6.34. The van der Waals surface area contributed by atoms with Gasteiger partial charge in [0.1, 0.15) is 19.3 Å². The number of rotatable bonds is 5. The molecule has 7 nitrogen and oxygen atoms in total. The summed E-state index contributed by atoms with van der Waals surface area (Å²) in [6, 6.07) is 8.14. The zero-order valence-electron chi connectivity index (χ0n) is 14.4. The second-order valence-corrected chi connectivity index (χ2v) is 7.34. The van der Waals surface area contributed by atoms with Gasteiger partial charge in [-0.2, -0.15) is 0 Å². The Bertz CT molecular complexity index is 669. The van der Waals surface area contributed by atoms with E-state index in [1.54, 1.807) is 0 Å². The van der Waals surface area contributed by atoms with E-state index in [4.69, 9.17) is 9.84 Å². The maximum absolute atomic E-state index is 12.9. The fourth-order valence-electron chi connectivity index (χ4n) is 3.29. The third-order valence-electron chi connectivity index (χ3n) is 4.67. The van der Waals surface area contributed by atoms with E-state index >= 15 is 0 Å². The molecule has 2 atom stereocenters. The van der Waals surface area contributed by atoms with Crippen LogP contribution in [0.3, 0.4) is 0 Å². The van der Waals surface area contributed by atoms with Gasteiger partial charge in [-0.1, -0.05) is 30.3 Å². The van der Waals surface area contributed by atoms with Gasteiger partial charge in [-0.3, -0.25) is 14.5 Å². The van der Waals surface area contributed by atoms with Crippen LogP contribution in [0.5, 0.6) is 0 Å². The number of Topliss-reactive ketones (excluding diaryl/α,β-unsaturated/α-hetero) is 1. The van der Waals surface area contributed by atoms with E-state index in [1.807, 2.05) is 30.3 Å². The maximum Gasteiger partial charge on any atom is 0.411 e. The van der Waals surface area contributed by atoms with Crippen molar-refractivity contribution in [2.45, 2.75) is 31.5 Å². The lowest BCUT2D eigenvalue weighted by molar-refractivity contribution is -0.141. The van der Waals surface area contributed by atoms with Gasteiger partial charge in [0.15, 0.2) is 5.78 Å². The van der Waals surface area contributed by atoms with Crippen molar-refractivity contribution in [3.63, 3.8) is 0 Å². The highest BCUT2D eigenvalue weighted by Gasteiger charge is 2.42. The lowest BCUT2D eigenvalue weighted by atomic mass is 10.1. The fraction of sp³-hybridized carbons (Fsp3) is 0.500. The summed E-state index contributed by atoms with van der Waals surface area (Å²) in [6.45, 7) is 0.0527. The number of benzene rings is 1. The zero-order valence-corrected chi connectivity index (χ0v) is 15.2. The summed E-state index contributed by atoms with van der Waals surface area (Å²) >= 11 is 1.49. The van der Waals surface area contributed by atoms with Gasteiger partial charge in [0.2, 0.25) is 5.91 Å². The lowest BCUT2D eigenvalue weighted by Crippen LogP contribution is -2.52. The molecule has 1 aromatic carbocycles. The molecule has 0 unspecified atom stereocenters. The first-order chi connectivity index (χ1) is 12.6. The van der Waals surface area contributed by atoms with Gasteiger partial charge >= 0.3 is 6.09 Å². The smallest absolute Gasteiger partial charge is 0.411 e. The van der Waals surface area contributed by atoms with Gasteiger partial charge in [-0.15, -0.1) is 11.8 Å². The monoisotopic (exact) mass is 378 g/mol. The molecule has 2 amide bonds. The highest BCUT2D eigenvalue weighted by Crippen LogP contribution is 2.27. The fourth-order valence-corrected chi connectivity index (χ4v) is 4.42. The molecule has 2 fully saturated rings. The molecule has 0 radical (unpaired) electrons. The van der Waals surface area contributed by atoms with Crippen molar-refractivity contribution in [1.82, 2.24) is 9.80 Å². The molecule has 0 spiro atoms. The Balaban J connectivity index is 1.62. The van der Waals surface area contributed by atoms with Crippen molar-refractivity contribution in [3.8, 4) is 0 Å². The number of aliphatic hydroxyl groups excluding tert-OH is 1. The van der Waals surface area contributed by atoms with Crippen molar-refractivity contribution < 1.29 is 24.2 Å². The number of ether oxygens (including phenoxy) is 1. The summed E-state index contributed by atoms with van der Waals surface area (Å²) in [6.07, 6.45) is 0.755. The summed E-state index contributed by atoms with van der Waals surface area (Å²) in [5, 5.41) is 9.10. The first kappa shape index (κ1) is 18.7. The predicted octanol–water partition coefficient (Wildman–Crippen LogP) is 1.25. The second kappa shape index (κ2) is 8.55. The molecule has 0 aliphatic carbocycles. The molecule has 2 aliphatic rings. The van der Waals surface area contributed by atoms with Gasteiger partial charge < -0.3 is 14.7 Å². The zero-order chi connectivity index (χ0) is 18.5. The summed E-state index contributed by atoms with van der Waals surface area (Å²) in [4.78, 5) is 40.1. The summed E-state index contributed by atoms with van der Waals surface area (Å²) in [5.74, 6) is 0.280. The molecular formula is C18H22N2O5S. The standard InChI is InChI=1S/C18H22N2O5S/c21-9-16(22)14-7-4-8-19(14)17(23)15-11-26-12-20(15)18(24)25-10-13-5-2-1-3-6-13/h1-3,5-6,14-15,21H,4,7-12H2/t14-,15-/m0/s1. The Morgan fingerprint density at radius 2 is 1.92 bits per heavy atom. The number of hydrogen-bond acceptors (Lipinski definition) is 6. The Morgan fingerprint density at radius 3 is 2.65 bits per heavy atom. The van der Waals surface area contributed by atoms with Crippen molar-refractivity contribution in [1.29, 1.82) is 0 Å². The number of carbonyl (C=O) groups excluding carboxylic acids is 3. The minimum absolute atomic E-state index is 0.150. The molecule has 2 saturated heterocycles. The van der Waals surface area contributed by atoms with Crippen molar-refractivity contribution in [3.05, 3.63) is 35.9 Å². The Hall–Kier alpha value is -2.06. The van der Waals surface area contributed by atoms with Crippen LogP contribution in [0.25, 0.3) is 0 Å². The van der Waals surface area contributed by atoms with E-state index in [-0.39, 0.29) is 18.3 Å². The molecule has 2 heterocycles. The largest absolute Gasteiger partial charge is 0.445 e. The van der Waals surface area contributed by atoms with E-state index in [9.17, 15) is 14.4 Å². The molecule has 26 heavy (non-hydrogen) atoms. The van der Waals surface area contributed by atoms with Crippen molar-refractivity contribution in [2.75, 3.05) is 24.8 Å². The van der Waals surface area contributed by atoms with Gasteiger partial charge in [0.25, 0.3) is 0 Å². The quantitative estimate of drug-likeness (QED) is 0.830. The van der Waals surface area contributed by atoms with E-state index in [0.717, 1.165) is 12.0 Å². The first-order valence-corrected chi connectivity index (χ1v) is 9.76. The molecule has 140 valence electrons. The van der Waals surface area contributed by atoms with Crippen LogP contribution in [0.1, 0.15) is 18.4 Å². The Morgan fingerprint density at radius 1 is 1.15 bits per heavy atom. The number of aliphatic hydroxyl groups is 1. The SMILES string of the molecule is O=C(CO)[C@@H]1CCCN1C(=O)[C@@H]1CSCN1C(=O)OCc1ccccc1. The summed E-state index contributed by atoms with van der Waals surface area (Å²) in [7, 11) is 0. The van der Waals surface area contributed by atoms with Crippen LogP contribution in [-0.2, 0) is 20.9 Å². The number of hydrogen-bond donors (Lipinski definition) is 1. The van der Waals surface area contributed by atoms with Gasteiger partial charge in [0.05, 0.1) is 11.9 Å². The Kier molecular flexibility index (Phi) is 6.16. The molecule has 0 saturated carbocycles. The number of amides is 2. The number of nitrogens with zero attached hydrogens (tertiary/aromatic N) is 2. The summed E-state index contributed by atoms with van der Waals surface area (Å²) in [5.41, 5.74) is 0.878. The molecule has 1 aromatic rings. The number of carbonyl (C=O) groups is 3. The number of ketones is 1. The van der Waals surface area contributed by atoms with Crippen LogP contribution in [0.2, 0.25) is 0 Å². The number of thioether (sulfide) groups is 1. The van der Waals surface area contributed by atoms with Gasteiger partial charge in [-0.25, -0.2) is 4.79 Å². The minimum atomic E-state index is -0.629. The molecule has 8 heteroatoms. The van der Waals surface area contributed by atoms with Crippen LogP contribution in [-0.4, -0.2) is 69.6 Å². The molecule has 3 rings (SSSR count). The maximum atomic E-state index is 12.9. The molecular weight excluding hydrogens is 356 g/mol. The van der Waals surface area contributed by atoms with Crippen LogP contribution >= 0.6 is 11.8 Å². The van der Waals surface area contributed by atoms with E-state index in [2.05, 4.69) is 0 Å². The van der Waals surface area contributed by atoms with Crippen LogP contribution in [0.4, 0.5) is 4.79 Å². The van der Waals surface area contributed by atoms with E-state index in [0.29, 0.717) is 24.6 Å². The normalized spacial score (nSPS) is 22.5. The highest BCUT2D eigenvalue weighted by atomic mass is 32.2. The highest BCUT2D eigenvalue weighted by molar-refractivity contribution is 7.99. The van der Waals surface area contributed by atoms with Gasteiger partial charge in [0, 0.05) is 12.3 Å². The third kappa shape index (κ3) is 4.02. The molecule has 2 aliphatic heterocycles. The molecule has 0 bridgehead atoms.